The number of rotatable bonds is 1. The van der Waals surface area contributed by atoms with Crippen LogP contribution in [0.3, 0.4) is 0 Å². The molecule has 0 spiro atoms. The van der Waals surface area contributed by atoms with Gasteiger partial charge in [0, 0.05) is 25.4 Å². The average molecular weight is 460 g/mol. The van der Waals surface area contributed by atoms with E-state index in [1.807, 2.05) is 36.4 Å². The third-order valence-electron chi connectivity index (χ3n) is 3.34. The number of anilines is 1. The lowest BCUT2D eigenvalue weighted by Gasteiger charge is -2.27. The summed E-state index contributed by atoms with van der Waals surface area (Å²) < 4.78 is 2.84. The van der Waals surface area contributed by atoms with Gasteiger partial charge in [-0.1, -0.05) is 44.0 Å². The standard InChI is InChI=1S/C15H10Br3NO/c16-9-3-1-8(2-4-9)13-7-14(20)11-5-10(17)6-12(18)15(11)19-13/h1-6,13,19H,7H2. The molecule has 3 rings (SSSR count). The summed E-state index contributed by atoms with van der Waals surface area (Å²) in [5.41, 5.74) is 2.72. The van der Waals surface area contributed by atoms with Crippen LogP contribution in [-0.2, 0) is 0 Å². The molecule has 2 aromatic carbocycles. The van der Waals surface area contributed by atoms with Crippen molar-refractivity contribution in [2.75, 3.05) is 5.32 Å². The molecule has 1 aliphatic heterocycles. The third kappa shape index (κ3) is 2.71. The average Bonchev–Trinajstić information content (AvgIpc) is 2.40. The monoisotopic (exact) mass is 457 g/mol. The second kappa shape index (κ2) is 5.62. The molecule has 2 aromatic rings. The van der Waals surface area contributed by atoms with Gasteiger partial charge in [-0.3, -0.25) is 4.79 Å². The fraction of sp³-hybridized carbons (Fsp3) is 0.133. The van der Waals surface area contributed by atoms with Crippen LogP contribution in [0.1, 0.15) is 28.4 Å². The zero-order valence-corrected chi connectivity index (χ0v) is 15.0. The van der Waals surface area contributed by atoms with E-state index in [9.17, 15) is 4.79 Å². The van der Waals surface area contributed by atoms with E-state index in [1.54, 1.807) is 0 Å². The summed E-state index contributed by atoms with van der Waals surface area (Å²) in [6.45, 7) is 0. The molecule has 0 saturated carbocycles. The maximum absolute atomic E-state index is 12.3. The van der Waals surface area contributed by atoms with Crippen molar-refractivity contribution in [1.29, 1.82) is 0 Å². The summed E-state index contributed by atoms with van der Waals surface area (Å²) in [6, 6.07) is 11.9. The molecule has 1 aliphatic rings. The van der Waals surface area contributed by atoms with Gasteiger partial charge in [-0.05, 0) is 45.8 Å². The van der Waals surface area contributed by atoms with E-state index in [0.717, 1.165) is 30.2 Å². The van der Waals surface area contributed by atoms with E-state index in [-0.39, 0.29) is 11.8 Å². The van der Waals surface area contributed by atoms with Crippen LogP contribution in [0, 0.1) is 0 Å². The minimum atomic E-state index is 0.0144. The van der Waals surface area contributed by atoms with Crippen molar-refractivity contribution in [2.24, 2.45) is 0 Å². The molecule has 2 nitrogen and oxygen atoms in total. The second-order valence-electron chi connectivity index (χ2n) is 4.69. The van der Waals surface area contributed by atoms with Gasteiger partial charge in [0.1, 0.15) is 0 Å². The molecular formula is C15H10Br3NO. The maximum atomic E-state index is 12.3. The smallest absolute Gasteiger partial charge is 0.167 e. The summed E-state index contributed by atoms with van der Waals surface area (Å²) in [6.07, 6.45) is 0.470. The van der Waals surface area contributed by atoms with E-state index in [1.165, 1.54) is 0 Å². The first-order chi connectivity index (χ1) is 9.54. The van der Waals surface area contributed by atoms with Crippen LogP contribution in [0.2, 0.25) is 0 Å². The zero-order valence-electron chi connectivity index (χ0n) is 10.3. The first kappa shape index (κ1) is 14.3. The van der Waals surface area contributed by atoms with E-state index in [4.69, 9.17) is 0 Å². The van der Waals surface area contributed by atoms with Gasteiger partial charge < -0.3 is 5.32 Å². The molecule has 0 aromatic heterocycles. The molecule has 1 heterocycles. The van der Waals surface area contributed by atoms with Crippen molar-refractivity contribution in [2.45, 2.75) is 12.5 Å². The number of carbonyl (C=O) groups excluding carboxylic acids is 1. The first-order valence-corrected chi connectivity index (χ1v) is 8.47. The third-order valence-corrected chi connectivity index (χ3v) is 4.95. The number of hydrogen-bond acceptors (Lipinski definition) is 2. The van der Waals surface area contributed by atoms with Gasteiger partial charge in [-0.2, -0.15) is 0 Å². The molecule has 0 aliphatic carbocycles. The summed E-state index contributed by atoms with van der Waals surface area (Å²) in [5.74, 6) is 0.161. The highest BCUT2D eigenvalue weighted by Gasteiger charge is 2.27. The Bertz CT molecular complexity index is 682. The Morgan fingerprint density at radius 3 is 2.40 bits per heavy atom. The van der Waals surface area contributed by atoms with Gasteiger partial charge in [0.2, 0.25) is 0 Å². The molecule has 1 atom stereocenters. The number of carbonyl (C=O) groups is 1. The second-order valence-corrected chi connectivity index (χ2v) is 7.37. The van der Waals surface area contributed by atoms with Gasteiger partial charge in [0.15, 0.2) is 5.78 Å². The normalized spacial score (nSPS) is 17.6. The van der Waals surface area contributed by atoms with Gasteiger partial charge in [0.05, 0.1) is 11.7 Å². The number of ketones is 1. The molecule has 0 amide bonds. The van der Waals surface area contributed by atoms with Gasteiger partial charge in [0.25, 0.3) is 0 Å². The Morgan fingerprint density at radius 1 is 1.00 bits per heavy atom. The Balaban J connectivity index is 2.00. The minimum absolute atomic E-state index is 0.0144. The lowest BCUT2D eigenvalue weighted by atomic mass is 9.92. The van der Waals surface area contributed by atoms with E-state index < -0.39 is 0 Å². The van der Waals surface area contributed by atoms with Gasteiger partial charge in [-0.25, -0.2) is 0 Å². The summed E-state index contributed by atoms with van der Waals surface area (Å²) >= 11 is 10.4. The molecule has 20 heavy (non-hydrogen) atoms. The highest BCUT2D eigenvalue weighted by Crippen LogP contribution is 2.39. The van der Waals surface area contributed by atoms with Crippen molar-refractivity contribution in [3.8, 4) is 0 Å². The Kier molecular flexibility index (Phi) is 4.02. The highest BCUT2D eigenvalue weighted by molar-refractivity contribution is 9.11. The molecule has 1 unspecified atom stereocenters. The van der Waals surface area contributed by atoms with E-state index in [2.05, 4.69) is 53.1 Å². The van der Waals surface area contributed by atoms with E-state index >= 15 is 0 Å². The van der Waals surface area contributed by atoms with Crippen LogP contribution >= 0.6 is 47.8 Å². The van der Waals surface area contributed by atoms with E-state index in [0.29, 0.717) is 6.42 Å². The lowest BCUT2D eigenvalue weighted by molar-refractivity contribution is 0.0972. The quantitative estimate of drug-likeness (QED) is 0.591. The summed E-state index contributed by atoms with van der Waals surface area (Å²) in [5, 5.41) is 3.45. The Labute approximate surface area is 142 Å². The van der Waals surface area contributed by atoms with Crippen molar-refractivity contribution in [3.63, 3.8) is 0 Å². The van der Waals surface area contributed by atoms with Crippen LogP contribution in [0.15, 0.2) is 49.8 Å². The van der Waals surface area contributed by atoms with Crippen molar-refractivity contribution < 1.29 is 4.79 Å². The van der Waals surface area contributed by atoms with Crippen molar-refractivity contribution in [1.82, 2.24) is 0 Å². The van der Waals surface area contributed by atoms with Crippen molar-refractivity contribution >= 4 is 59.3 Å². The highest BCUT2D eigenvalue weighted by atomic mass is 79.9. The number of hydrogen-bond donors (Lipinski definition) is 1. The molecule has 0 bridgehead atoms. The topological polar surface area (TPSA) is 29.1 Å². The van der Waals surface area contributed by atoms with Crippen LogP contribution in [-0.4, -0.2) is 5.78 Å². The molecule has 102 valence electrons. The lowest BCUT2D eigenvalue weighted by Crippen LogP contribution is -2.23. The fourth-order valence-electron chi connectivity index (χ4n) is 2.36. The molecule has 1 N–H and O–H groups in total. The molecule has 0 saturated heterocycles. The largest absolute Gasteiger partial charge is 0.376 e. The summed E-state index contributed by atoms with van der Waals surface area (Å²) in [7, 11) is 0. The van der Waals surface area contributed by atoms with Gasteiger partial charge >= 0.3 is 0 Å². The molecule has 0 radical (unpaired) electrons. The molecular weight excluding hydrogens is 450 g/mol. The van der Waals surface area contributed by atoms with Crippen LogP contribution in [0.5, 0.6) is 0 Å². The van der Waals surface area contributed by atoms with Crippen LogP contribution in [0.4, 0.5) is 5.69 Å². The van der Waals surface area contributed by atoms with Gasteiger partial charge in [-0.15, -0.1) is 0 Å². The first-order valence-electron chi connectivity index (χ1n) is 6.09. The molecule has 5 heteroatoms. The Morgan fingerprint density at radius 2 is 1.70 bits per heavy atom. The van der Waals surface area contributed by atoms with Crippen LogP contribution in [0.25, 0.3) is 0 Å². The minimum Gasteiger partial charge on any atom is -0.376 e. The number of nitrogens with one attached hydrogen (secondary N) is 1. The SMILES string of the molecule is O=C1CC(c2ccc(Br)cc2)Nc2c(Br)cc(Br)cc21. The number of halogens is 3. The predicted octanol–water partition coefficient (Wildman–Crippen LogP) is 5.71. The van der Waals surface area contributed by atoms with Crippen LogP contribution < -0.4 is 5.32 Å². The number of Topliss-reactive ketones (excluding diaryl/α,β-unsaturated/α-hetero) is 1. The predicted molar refractivity (Wildman–Crippen MR) is 91.3 cm³/mol. The summed E-state index contributed by atoms with van der Waals surface area (Å²) in [4.78, 5) is 12.3. The number of benzene rings is 2. The van der Waals surface area contributed by atoms with Crippen molar-refractivity contribution in [3.05, 3.63) is 60.9 Å². The molecule has 0 fully saturated rings. The fourth-order valence-corrected chi connectivity index (χ4v) is 3.96. The zero-order chi connectivity index (χ0) is 14.3. The number of fused-ring (bicyclic) bond motifs is 1. The Hall–Kier alpha value is -0.650. The maximum Gasteiger partial charge on any atom is 0.167 e.